The zero-order valence-corrected chi connectivity index (χ0v) is 13.5. The third kappa shape index (κ3) is 2.06. The van der Waals surface area contributed by atoms with Gasteiger partial charge >= 0.3 is 0 Å². The van der Waals surface area contributed by atoms with E-state index in [1.807, 2.05) is 24.6 Å². The number of rotatable bonds is 4. The van der Waals surface area contributed by atoms with Crippen molar-refractivity contribution in [3.05, 3.63) is 23.6 Å². The van der Waals surface area contributed by atoms with Crippen molar-refractivity contribution in [2.75, 3.05) is 5.73 Å². The van der Waals surface area contributed by atoms with Crippen LogP contribution in [0.25, 0.3) is 22.3 Å². The third-order valence-corrected chi connectivity index (χ3v) is 4.28. The number of carbonyl (C=O) groups excluding carboxylic acids is 1. The van der Waals surface area contributed by atoms with Gasteiger partial charge in [-0.15, -0.1) is 0 Å². The molecule has 1 aliphatic carbocycles. The number of primary amides is 1. The standard InChI is InChI=1S/C16H18N6O2/c1-7(2)22-9-5-6-19-15(17)10(9)12(20-22)13-11(16(18)23)14(24-21-13)8-3-4-8/h5-8H,3-4H2,1-2H3,(H2,17,19)(H2,18,23). The van der Waals surface area contributed by atoms with Crippen molar-refractivity contribution in [3.63, 3.8) is 0 Å². The quantitative estimate of drug-likeness (QED) is 0.757. The van der Waals surface area contributed by atoms with Crippen LogP contribution in [-0.4, -0.2) is 25.8 Å². The molecule has 8 heteroatoms. The Morgan fingerprint density at radius 2 is 2.12 bits per heavy atom. The van der Waals surface area contributed by atoms with Gasteiger partial charge in [0.25, 0.3) is 5.91 Å². The van der Waals surface area contributed by atoms with Crippen LogP contribution in [0.15, 0.2) is 16.8 Å². The van der Waals surface area contributed by atoms with E-state index in [0.717, 1.165) is 18.4 Å². The number of nitrogens with two attached hydrogens (primary N) is 2. The van der Waals surface area contributed by atoms with E-state index in [2.05, 4.69) is 15.2 Å². The van der Waals surface area contributed by atoms with Crippen molar-refractivity contribution in [3.8, 4) is 11.4 Å². The Kier molecular flexibility index (Phi) is 3.09. The normalized spacial score (nSPS) is 14.6. The number of pyridine rings is 1. The van der Waals surface area contributed by atoms with Gasteiger partial charge < -0.3 is 16.0 Å². The van der Waals surface area contributed by atoms with Gasteiger partial charge in [-0.25, -0.2) is 4.98 Å². The van der Waals surface area contributed by atoms with Gasteiger partial charge in [0, 0.05) is 18.2 Å². The number of hydrogen-bond donors (Lipinski definition) is 2. The fourth-order valence-corrected chi connectivity index (χ4v) is 3.00. The number of carbonyl (C=O) groups is 1. The van der Waals surface area contributed by atoms with E-state index in [1.165, 1.54) is 0 Å². The fraction of sp³-hybridized carbons (Fsp3) is 0.375. The lowest BCUT2D eigenvalue weighted by Gasteiger charge is -2.06. The number of nitrogen functional groups attached to an aromatic ring is 1. The molecule has 1 amide bonds. The molecule has 124 valence electrons. The molecule has 8 nitrogen and oxygen atoms in total. The number of nitrogens with zero attached hydrogens (tertiary/aromatic N) is 4. The van der Waals surface area contributed by atoms with Gasteiger partial charge in [-0.2, -0.15) is 5.10 Å². The van der Waals surface area contributed by atoms with Gasteiger partial charge in [-0.3, -0.25) is 9.48 Å². The lowest BCUT2D eigenvalue weighted by Crippen LogP contribution is -2.13. The van der Waals surface area contributed by atoms with Crippen LogP contribution < -0.4 is 11.5 Å². The Bertz CT molecular complexity index is 951. The van der Waals surface area contributed by atoms with E-state index < -0.39 is 5.91 Å². The summed E-state index contributed by atoms with van der Waals surface area (Å²) in [6, 6.07) is 1.95. The highest BCUT2D eigenvalue weighted by molar-refractivity contribution is 6.06. The molecule has 0 radical (unpaired) electrons. The predicted octanol–water partition coefficient (Wildman–Crippen LogP) is 2.23. The molecule has 0 bridgehead atoms. The molecule has 24 heavy (non-hydrogen) atoms. The highest BCUT2D eigenvalue weighted by Gasteiger charge is 2.36. The summed E-state index contributed by atoms with van der Waals surface area (Å²) in [5, 5.41) is 9.38. The van der Waals surface area contributed by atoms with Crippen LogP contribution in [0.4, 0.5) is 5.82 Å². The molecule has 0 unspecified atom stereocenters. The number of amides is 1. The van der Waals surface area contributed by atoms with E-state index in [0.29, 0.717) is 33.9 Å². The molecule has 0 saturated heterocycles. The number of anilines is 1. The molecule has 0 spiro atoms. The molecule has 1 fully saturated rings. The molecule has 3 aromatic rings. The summed E-state index contributed by atoms with van der Waals surface area (Å²) in [5.41, 5.74) is 13.6. The molecule has 0 aliphatic heterocycles. The summed E-state index contributed by atoms with van der Waals surface area (Å²) in [6.45, 7) is 4.03. The first-order valence-electron chi connectivity index (χ1n) is 7.91. The van der Waals surface area contributed by atoms with Gasteiger partial charge in [-0.05, 0) is 32.8 Å². The first-order chi connectivity index (χ1) is 11.5. The lowest BCUT2D eigenvalue weighted by molar-refractivity contribution is 0.0999. The van der Waals surface area contributed by atoms with E-state index in [1.54, 1.807) is 6.20 Å². The zero-order valence-electron chi connectivity index (χ0n) is 13.5. The second-order valence-corrected chi connectivity index (χ2v) is 6.39. The van der Waals surface area contributed by atoms with Crippen molar-refractivity contribution in [2.24, 2.45) is 5.73 Å². The van der Waals surface area contributed by atoms with Gasteiger partial charge in [0.05, 0.1) is 10.9 Å². The molecule has 1 aliphatic rings. The van der Waals surface area contributed by atoms with E-state index in [-0.39, 0.29) is 12.0 Å². The molecule has 0 atom stereocenters. The Labute approximate surface area is 137 Å². The Balaban J connectivity index is 2.03. The number of aromatic nitrogens is 4. The summed E-state index contributed by atoms with van der Waals surface area (Å²) < 4.78 is 7.26. The Morgan fingerprint density at radius 3 is 2.75 bits per heavy atom. The maximum absolute atomic E-state index is 12.0. The smallest absolute Gasteiger partial charge is 0.254 e. The van der Waals surface area contributed by atoms with Crippen LogP contribution in [0, 0.1) is 0 Å². The van der Waals surface area contributed by atoms with Crippen LogP contribution in [0.2, 0.25) is 0 Å². The Morgan fingerprint density at radius 1 is 1.38 bits per heavy atom. The highest BCUT2D eigenvalue weighted by Crippen LogP contribution is 2.44. The first kappa shape index (κ1) is 14.7. The average Bonchev–Trinajstić information content (AvgIpc) is 3.14. The Hall–Kier alpha value is -2.90. The molecule has 4 rings (SSSR count). The van der Waals surface area contributed by atoms with Crippen LogP contribution in [0.1, 0.15) is 54.8 Å². The minimum atomic E-state index is -0.567. The van der Waals surface area contributed by atoms with Crippen LogP contribution in [0.5, 0.6) is 0 Å². The van der Waals surface area contributed by atoms with Crippen molar-refractivity contribution in [2.45, 2.75) is 38.6 Å². The van der Waals surface area contributed by atoms with Crippen molar-refractivity contribution < 1.29 is 9.32 Å². The van der Waals surface area contributed by atoms with Gasteiger partial charge in [0.2, 0.25) is 0 Å². The molecular formula is C16H18N6O2. The van der Waals surface area contributed by atoms with Gasteiger partial charge in [0.15, 0.2) is 5.76 Å². The molecule has 0 aromatic carbocycles. The van der Waals surface area contributed by atoms with Gasteiger partial charge in [-0.1, -0.05) is 5.16 Å². The third-order valence-electron chi connectivity index (χ3n) is 4.28. The number of fused-ring (bicyclic) bond motifs is 1. The lowest BCUT2D eigenvalue weighted by atomic mass is 10.1. The van der Waals surface area contributed by atoms with Crippen molar-refractivity contribution in [1.29, 1.82) is 0 Å². The highest BCUT2D eigenvalue weighted by atomic mass is 16.5. The van der Waals surface area contributed by atoms with Crippen LogP contribution in [0.3, 0.4) is 0 Å². The monoisotopic (exact) mass is 326 g/mol. The van der Waals surface area contributed by atoms with E-state index in [4.69, 9.17) is 16.0 Å². The van der Waals surface area contributed by atoms with Crippen LogP contribution >= 0.6 is 0 Å². The minimum Gasteiger partial charge on any atom is -0.383 e. The summed E-state index contributed by atoms with van der Waals surface area (Å²) in [6.07, 6.45) is 3.58. The molecule has 3 heterocycles. The average molecular weight is 326 g/mol. The molecule has 3 aromatic heterocycles. The predicted molar refractivity (Wildman–Crippen MR) is 88.3 cm³/mol. The SMILES string of the molecule is CC(C)n1nc(-c2noc(C3CC3)c2C(N)=O)c2c(N)nccc21. The maximum Gasteiger partial charge on any atom is 0.254 e. The molecule has 1 saturated carbocycles. The second-order valence-electron chi connectivity index (χ2n) is 6.39. The van der Waals surface area contributed by atoms with Crippen molar-refractivity contribution in [1.82, 2.24) is 19.9 Å². The van der Waals surface area contributed by atoms with Crippen molar-refractivity contribution >= 4 is 22.6 Å². The number of hydrogen-bond acceptors (Lipinski definition) is 6. The van der Waals surface area contributed by atoms with Crippen LogP contribution in [-0.2, 0) is 0 Å². The molecular weight excluding hydrogens is 308 g/mol. The van der Waals surface area contributed by atoms with Gasteiger partial charge in [0.1, 0.15) is 22.8 Å². The summed E-state index contributed by atoms with van der Waals surface area (Å²) in [7, 11) is 0. The summed E-state index contributed by atoms with van der Waals surface area (Å²) >= 11 is 0. The first-order valence-corrected chi connectivity index (χ1v) is 7.91. The van der Waals surface area contributed by atoms with E-state index in [9.17, 15) is 4.79 Å². The maximum atomic E-state index is 12.0. The second kappa shape index (κ2) is 5.05. The fourth-order valence-electron chi connectivity index (χ4n) is 3.00. The molecule has 4 N–H and O–H groups in total. The summed E-state index contributed by atoms with van der Waals surface area (Å²) in [4.78, 5) is 16.2. The van der Waals surface area contributed by atoms with E-state index >= 15 is 0 Å². The topological polar surface area (TPSA) is 126 Å². The minimum absolute atomic E-state index is 0.106. The largest absolute Gasteiger partial charge is 0.383 e. The zero-order chi connectivity index (χ0) is 17.0. The summed E-state index contributed by atoms with van der Waals surface area (Å²) in [5.74, 6) is 0.526.